The Morgan fingerprint density at radius 1 is 1.67 bits per heavy atom. The first-order chi connectivity index (χ1) is 4.37. The largest absolute Gasteiger partial charge is 0.0877 e. The third kappa shape index (κ3) is 0.654. The van der Waals surface area contributed by atoms with Crippen LogP contribution in [0.2, 0.25) is 0 Å². The molecule has 0 radical (unpaired) electrons. The molecule has 0 saturated heterocycles. The molecule has 1 fully saturated rings. The molecule has 2 rings (SSSR count). The first-order valence-corrected chi connectivity index (χ1v) is 4.04. The second-order valence-corrected chi connectivity index (χ2v) is 3.56. The Balaban J connectivity index is 1.99. The van der Waals surface area contributed by atoms with Crippen molar-refractivity contribution >= 4 is 0 Å². The Morgan fingerprint density at radius 2 is 2.56 bits per heavy atom. The van der Waals surface area contributed by atoms with Crippen LogP contribution >= 0.6 is 0 Å². The van der Waals surface area contributed by atoms with Gasteiger partial charge in [0.25, 0.3) is 0 Å². The molecule has 0 nitrogen and oxygen atoms in total. The monoisotopic (exact) mass is 122 g/mol. The van der Waals surface area contributed by atoms with Gasteiger partial charge >= 0.3 is 0 Å². The van der Waals surface area contributed by atoms with Crippen molar-refractivity contribution in [2.24, 2.45) is 11.3 Å². The molecule has 9 heavy (non-hydrogen) atoms. The first-order valence-electron chi connectivity index (χ1n) is 4.04. The summed E-state index contributed by atoms with van der Waals surface area (Å²) in [6.45, 7) is 2.29. The number of hydrogen-bond donors (Lipinski definition) is 0. The fourth-order valence-electron chi connectivity index (χ4n) is 2.24. The summed E-state index contributed by atoms with van der Waals surface area (Å²) in [7, 11) is 0. The van der Waals surface area contributed by atoms with E-state index >= 15 is 0 Å². The van der Waals surface area contributed by atoms with Gasteiger partial charge in [-0.3, -0.25) is 0 Å². The van der Waals surface area contributed by atoms with Crippen LogP contribution in [0.4, 0.5) is 0 Å². The molecule has 0 aromatic heterocycles. The third-order valence-electron chi connectivity index (χ3n) is 2.89. The predicted molar refractivity (Wildman–Crippen MR) is 39.2 cm³/mol. The van der Waals surface area contributed by atoms with Gasteiger partial charge in [-0.25, -0.2) is 0 Å². The van der Waals surface area contributed by atoms with E-state index in [0.717, 1.165) is 11.3 Å². The lowest BCUT2D eigenvalue weighted by atomic mass is 9.98. The minimum Gasteiger partial charge on any atom is -0.0877 e. The van der Waals surface area contributed by atoms with Crippen LogP contribution in [0, 0.1) is 11.3 Å². The summed E-state index contributed by atoms with van der Waals surface area (Å²) in [6, 6.07) is 0. The normalized spacial score (nSPS) is 45.2. The molecule has 0 aromatic rings. The van der Waals surface area contributed by atoms with E-state index in [2.05, 4.69) is 19.1 Å². The molecule has 2 aliphatic rings. The quantitative estimate of drug-likeness (QED) is 0.494. The smallest absolute Gasteiger partial charge is 0.0168 e. The maximum atomic E-state index is 2.41. The van der Waals surface area contributed by atoms with E-state index in [9.17, 15) is 0 Å². The van der Waals surface area contributed by atoms with Crippen molar-refractivity contribution in [2.75, 3.05) is 0 Å². The van der Waals surface area contributed by atoms with Crippen molar-refractivity contribution in [1.82, 2.24) is 0 Å². The Morgan fingerprint density at radius 3 is 3.00 bits per heavy atom. The minimum absolute atomic E-state index is 0.800. The summed E-state index contributed by atoms with van der Waals surface area (Å²) in [6.07, 6.45) is 10.5. The van der Waals surface area contributed by atoms with E-state index in [0.29, 0.717) is 0 Å². The van der Waals surface area contributed by atoms with Crippen molar-refractivity contribution in [3.8, 4) is 0 Å². The molecule has 0 spiro atoms. The van der Waals surface area contributed by atoms with Gasteiger partial charge in [0.15, 0.2) is 0 Å². The predicted octanol–water partition coefficient (Wildman–Crippen LogP) is 2.75. The van der Waals surface area contributed by atoms with Gasteiger partial charge < -0.3 is 0 Å². The van der Waals surface area contributed by atoms with Gasteiger partial charge in [-0.1, -0.05) is 25.5 Å². The molecule has 0 N–H and O–H groups in total. The van der Waals surface area contributed by atoms with E-state index in [1.807, 2.05) is 0 Å². The number of allylic oxidation sites excluding steroid dienone is 2. The molecule has 0 amide bonds. The van der Waals surface area contributed by atoms with Crippen LogP contribution in [0.5, 0.6) is 0 Å². The van der Waals surface area contributed by atoms with E-state index in [-0.39, 0.29) is 0 Å². The van der Waals surface area contributed by atoms with Gasteiger partial charge in [-0.05, 0) is 30.6 Å². The fourth-order valence-corrected chi connectivity index (χ4v) is 2.24. The molecule has 2 unspecified atom stereocenters. The van der Waals surface area contributed by atoms with Gasteiger partial charge in [0, 0.05) is 0 Å². The van der Waals surface area contributed by atoms with Crippen LogP contribution in [0.15, 0.2) is 12.2 Å². The van der Waals surface area contributed by atoms with Crippen molar-refractivity contribution in [3.05, 3.63) is 12.2 Å². The fraction of sp³-hybridized carbons (Fsp3) is 0.778. The van der Waals surface area contributed by atoms with Crippen molar-refractivity contribution in [3.63, 3.8) is 0 Å². The van der Waals surface area contributed by atoms with Crippen LogP contribution in [-0.4, -0.2) is 0 Å². The molecule has 0 heterocycles. The molecule has 2 atom stereocenters. The average molecular weight is 122 g/mol. The summed E-state index contributed by atoms with van der Waals surface area (Å²) in [5.74, 6) is 0.998. The Hall–Kier alpha value is -0.260. The highest BCUT2D eigenvalue weighted by molar-refractivity contribution is 5.20. The average Bonchev–Trinajstić information content (AvgIpc) is 2.37. The second kappa shape index (κ2) is 1.62. The van der Waals surface area contributed by atoms with Crippen LogP contribution in [0.25, 0.3) is 0 Å². The zero-order chi connectivity index (χ0) is 6.32. The van der Waals surface area contributed by atoms with Gasteiger partial charge in [0.05, 0.1) is 0 Å². The highest BCUT2D eigenvalue weighted by Crippen LogP contribution is 2.62. The molecule has 0 aromatic carbocycles. The number of fused-ring (bicyclic) bond motifs is 1. The van der Waals surface area contributed by atoms with Crippen LogP contribution in [0.3, 0.4) is 0 Å². The summed E-state index contributed by atoms with van der Waals surface area (Å²) >= 11 is 0. The van der Waals surface area contributed by atoms with Gasteiger partial charge in [-0.15, -0.1) is 0 Å². The number of hydrogen-bond acceptors (Lipinski definition) is 0. The van der Waals surface area contributed by atoms with Crippen LogP contribution in [-0.2, 0) is 0 Å². The molecule has 0 aliphatic heterocycles. The van der Waals surface area contributed by atoms with E-state index in [4.69, 9.17) is 0 Å². The molecule has 0 bridgehead atoms. The van der Waals surface area contributed by atoms with Crippen molar-refractivity contribution < 1.29 is 0 Å². The zero-order valence-electron chi connectivity index (χ0n) is 6.06. The summed E-state index contributed by atoms with van der Waals surface area (Å²) in [4.78, 5) is 0. The van der Waals surface area contributed by atoms with E-state index in [1.165, 1.54) is 25.7 Å². The Kier molecular flexibility index (Phi) is 0.992. The Labute approximate surface area is 57.0 Å². The zero-order valence-corrected chi connectivity index (χ0v) is 6.06. The maximum Gasteiger partial charge on any atom is -0.0168 e. The third-order valence-corrected chi connectivity index (χ3v) is 2.89. The molecule has 0 heteroatoms. The molecule has 1 saturated carbocycles. The highest BCUT2D eigenvalue weighted by atomic mass is 14.6. The van der Waals surface area contributed by atoms with E-state index in [1.54, 1.807) is 0 Å². The van der Waals surface area contributed by atoms with E-state index < -0.39 is 0 Å². The van der Waals surface area contributed by atoms with Crippen molar-refractivity contribution in [2.45, 2.75) is 32.6 Å². The minimum atomic E-state index is 0.800. The van der Waals surface area contributed by atoms with Gasteiger partial charge in [-0.2, -0.15) is 0 Å². The summed E-state index contributed by atoms with van der Waals surface area (Å²) < 4.78 is 0. The number of rotatable bonds is 2. The van der Waals surface area contributed by atoms with Crippen molar-refractivity contribution in [1.29, 1.82) is 0 Å². The lowest BCUT2D eigenvalue weighted by Crippen LogP contribution is -1.96. The van der Waals surface area contributed by atoms with Crippen LogP contribution in [0.1, 0.15) is 32.6 Å². The summed E-state index contributed by atoms with van der Waals surface area (Å²) in [5, 5.41) is 0. The first kappa shape index (κ1) is 5.52. The maximum absolute atomic E-state index is 2.41. The second-order valence-electron chi connectivity index (χ2n) is 3.56. The Bertz CT molecular complexity index is 146. The standard InChI is InChI=1S/C9H14/c1-2-5-9-6-3-4-8(9)7-9/h3-4,8H,2,5-7H2,1H3. The SMILES string of the molecule is CCCC12CC=CC1C2. The summed E-state index contributed by atoms with van der Waals surface area (Å²) in [5.41, 5.74) is 0.800. The van der Waals surface area contributed by atoms with Gasteiger partial charge in [0.1, 0.15) is 0 Å². The lowest BCUT2D eigenvalue weighted by molar-refractivity contribution is 0.457. The molecule has 50 valence electrons. The highest BCUT2D eigenvalue weighted by Gasteiger charge is 2.52. The topological polar surface area (TPSA) is 0 Å². The lowest BCUT2D eigenvalue weighted by Gasteiger charge is -2.07. The molecular weight excluding hydrogens is 108 g/mol. The molecular formula is C9H14. The van der Waals surface area contributed by atoms with Gasteiger partial charge in [0.2, 0.25) is 0 Å². The molecule has 2 aliphatic carbocycles. The van der Waals surface area contributed by atoms with Crippen LogP contribution < -0.4 is 0 Å².